The zero-order valence-electron chi connectivity index (χ0n) is 13.3. The van der Waals surface area contributed by atoms with E-state index in [2.05, 4.69) is 5.32 Å². The number of nitrogens with one attached hydrogen (secondary N) is 1. The van der Waals surface area contributed by atoms with E-state index >= 15 is 0 Å². The average molecular weight is 314 g/mol. The number of ketones is 2. The summed E-state index contributed by atoms with van der Waals surface area (Å²) >= 11 is 0. The third kappa shape index (κ3) is 5.15. The quantitative estimate of drug-likeness (QED) is 0.472. The van der Waals surface area contributed by atoms with Crippen molar-refractivity contribution in [2.24, 2.45) is 11.3 Å². The van der Waals surface area contributed by atoms with Crippen molar-refractivity contribution in [3.05, 3.63) is 29.8 Å². The SMILES string of the molecule is CC(=O)c1ccc(NC(=O)C(=O)[C@@H](C#N)CC(C)(C)C=O)cc1. The number of amides is 1. The molecule has 0 aromatic heterocycles. The molecule has 0 radical (unpaired) electrons. The molecule has 1 aromatic rings. The summed E-state index contributed by atoms with van der Waals surface area (Å²) < 4.78 is 0. The molecule has 1 rings (SSSR count). The maximum Gasteiger partial charge on any atom is 0.293 e. The molecule has 0 saturated carbocycles. The van der Waals surface area contributed by atoms with Crippen molar-refractivity contribution in [1.82, 2.24) is 0 Å². The Balaban J connectivity index is 2.79. The van der Waals surface area contributed by atoms with Crippen molar-refractivity contribution in [2.75, 3.05) is 5.32 Å². The van der Waals surface area contributed by atoms with Gasteiger partial charge in [-0.3, -0.25) is 14.4 Å². The van der Waals surface area contributed by atoms with Gasteiger partial charge in [-0.05, 0) is 37.6 Å². The molecule has 1 N–H and O–H groups in total. The summed E-state index contributed by atoms with van der Waals surface area (Å²) in [7, 11) is 0. The van der Waals surface area contributed by atoms with Crippen molar-refractivity contribution in [3.8, 4) is 6.07 Å². The highest BCUT2D eigenvalue weighted by molar-refractivity contribution is 6.41. The lowest BCUT2D eigenvalue weighted by Gasteiger charge is -2.19. The largest absolute Gasteiger partial charge is 0.319 e. The van der Waals surface area contributed by atoms with E-state index in [-0.39, 0.29) is 12.2 Å². The number of rotatable bonds is 7. The van der Waals surface area contributed by atoms with Crippen molar-refractivity contribution in [2.45, 2.75) is 27.2 Å². The van der Waals surface area contributed by atoms with Gasteiger partial charge in [0.25, 0.3) is 5.91 Å². The maximum atomic E-state index is 12.0. The van der Waals surface area contributed by atoms with Crippen LogP contribution in [0.15, 0.2) is 24.3 Å². The number of carbonyl (C=O) groups excluding carboxylic acids is 4. The normalized spacial score (nSPS) is 11.9. The van der Waals surface area contributed by atoms with Gasteiger partial charge in [0.15, 0.2) is 5.78 Å². The lowest BCUT2D eigenvalue weighted by Crippen LogP contribution is -2.32. The highest BCUT2D eigenvalue weighted by Gasteiger charge is 2.31. The molecule has 0 aliphatic rings. The minimum Gasteiger partial charge on any atom is -0.319 e. The van der Waals surface area contributed by atoms with Gasteiger partial charge >= 0.3 is 0 Å². The first-order chi connectivity index (χ1) is 10.7. The first-order valence-corrected chi connectivity index (χ1v) is 7.02. The monoisotopic (exact) mass is 314 g/mol. The Morgan fingerprint density at radius 3 is 2.26 bits per heavy atom. The lowest BCUT2D eigenvalue weighted by molar-refractivity contribution is -0.137. The highest BCUT2D eigenvalue weighted by Crippen LogP contribution is 2.23. The summed E-state index contributed by atoms with van der Waals surface area (Å²) in [6.07, 6.45) is 0.630. The van der Waals surface area contributed by atoms with E-state index in [4.69, 9.17) is 5.26 Å². The van der Waals surface area contributed by atoms with Crippen LogP contribution in [0.25, 0.3) is 0 Å². The molecule has 120 valence electrons. The molecule has 1 amide bonds. The summed E-state index contributed by atoms with van der Waals surface area (Å²) in [6.45, 7) is 4.61. The molecule has 0 aliphatic carbocycles. The zero-order valence-corrected chi connectivity index (χ0v) is 13.3. The van der Waals surface area contributed by atoms with Gasteiger partial charge in [-0.1, -0.05) is 13.8 Å². The first-order valence-electron chi connectivity index (χ1n) is 7.02. The predicted octanol–water partition coefficient (Wildman–Crippen LogP) is 2.15. The van der Waals surface area contributed by atoms with Gasteiger partial charge in [0.2, 0.25) is 5.78 Å². The second-order valence-corrected chi connectivity index (χ2v) is 5.94. The second kappa shape index (κ2) is 7.45. The van der Waals surface area contributed by atoms with Crippen molar-refractivity contribution in [3.63, 3.8) is 0 Å². The fraction of sp³-hybridized carbons (Fsp3) is 0.353. The minimum atomic E-state index is -1.19. The number of carbonyl (C=O) groups is 4. The molecule has 0 bridgehead atoms. The molecule has 0 unspecified atom stereocenters. The number of nitriles is 1. The highest BCUT2D eigenvalue weighted by atomic mass is 16.2. The number of hydrogen-bond donors (Lipinski definition) is 1. The van der Waals surface area contributed by atoms with Gasteiger partial charge in [0.1, 0.15) is 12.2 Å². The molecular weight excluding hydrogens is 296 g/mol. The van der Waals surface area contributed by atoms with Crippen LogP contribution in [0.2, 0.25) is 0 Å². The minimum absolute atomic E-state index is 0.0253. The number of benzene rings is 1. The van der Waals surface area contributed by atoms with Crippen LogP contribution in [0.1, 0.15) is 37.6 Å². The Labute approximate surface area is 134 Å². The number of anilines is 1. The predicted molar refractivity (Wildman–Crippen MR) is 83.6 cm³/mol. The number of aldehydes is 1. The Morgan fingerprint density at radius 2 is 1.83 bits per heavy atom. The molecule has 6 heteroatoms. The first kappa shape index (κ1) is 18.2. The summed E-state index contributed by atoms with van der Waals surface area (Å²) in [4.78, 5) is 46.1. The molecule has 6 nitrogen and oxygen atoms in total. The summed E-state index contributed by atoms with van der Waals surface area (Å²) in [6, 6.07) is 7.82. The topological polar surface area (TPSA) is 104 Å². The van der Waals surface area contributed by atoms with Crippen molar-refractivity contribution < 1.29 is 19.2 Å². The number of Topliss-reactive ketones (excluding diaryl/α,β-unsaturated/α-hetero) is 2. The molecule has 1 atom stereocenters. The van der Waals surface area contributed by atoms with Crippen molar-refractivity contribution in [1.29, 1.82) is 5.26 Å². The van der Waals surface area contributed by atoms with E-state index in [1.54, 1.807) is 19.9 Å². The van der Waals surface area contributed by atoms with E-state index in [0.717, 1.165) is 0 Å². The zero-order chi connectivity index (χ0) is 17.6. The number of nitrogens with zero attached hydrogens (tertiary/aromatic N) is 1. The molecular formula is C17H18N2O4. The van der Waals surface area contributed by atoms with Gasteiger partial charge in [-0.15, -0.1) is 0 Å². The maximum absolute atomic E-state index is 12.0. The third-order valence-corrected chi connectivity index (χ3v) is 3.29. The Bertz CT molecular complexity index is 669. The van der Waals surface area contributed by atoms with Gasteiger partial charge in [-0.2, -0.15) is 5.26 Å². The summed E-state index contributed by atoms with van der Waals surface area (Å²) in [5.41, 5.74) is -0.0314. The summed E-state index contributed by atoms with van der Waals surface area (Å²) in [5, 5.41) is 11.5. The van der Waals surface area contributed by atoms with Crippen LogP contribution in [0.3, 0.4) is 0 Å². The van der Waals surface area contributed by atoms with Gasteiger partial charge in [0, 0.05) is 16.7 Å². The van der Waals surface area contributed by atoms with E-state index in [1.165, 1.54) is 31.2 Å². The van der Waals surface area contributed by atoms with E-state index in [9.17, 15) is 19.2 Å². The van der Waals surface area contributed by atoms with Gasteiger partial charge in [-0.25, -0.2) is 0 Å². The lowest BCUT2D eigenvalue weighted by atomic mass is 9.83. The molecule has 0 heterocycles. The Kier molecular flexibility index (Phi) is 5.91. The molecule has 0 aliphatic heterocycles. The molecule has 0 saturated heterocycles. The Hall–Kier alpha value is -2.81. The van der Waals surface area contributed by atoms with Crippen LogP contribution >= 0.6 is 0 Å². The second-order valence-electron chi connectivity index (χ2n) is 5.94. The number of hydrogen-bond acceptors (Lipinski definition) is 5. The van der Waals surface area contributed by atoms with Crippen LogP contribution in [0, 0.1) is 22.7 Å². The van der Waals surface area contributed by atoms with Crippen LogP contribution in [0.4, 0.5) is 5.69 Å². The summed E-state index contributed by atoms with van der Waals surface area (Å²) in [5.74, 6) is -3.11. The van der Waals surface area contributed by atoms with Crippen LogP contribution in [-0.4, -0.2) is 23.8 Å². The van der Waals surface area contributed by atoms with Gasteiger partial charge in [0.05, 0.1) is 6.07 Å². The van der Waals surface area contributed by atoms with Crippen LogP contribution in [0.5, 0.6) is 0 Å². The Morgan fingerprint density at radius 1 is 1.26 bits per heavy atom. The average Bonchev–Trinajstić information content (AvgIpc) is 2.52. The van der Waals surface area contributed by atoms with Crippen LogP contribution in [-0.2, 0) is 14.4 Å². The van der Waals surface area contributed by atoms with E-state index in [0.29, 0.717) is 17.5 Å². The van der Waals surface area contributed by atoms with Gasteiger partial charge < -0.3 is 10.1 Å². The van der Waals surface area contributed by atoms with Crippen LogP contribution < -0.4 is 5.32 Å². The van der Waals surface area contributed by atoms with E-state index < -0.39 is 23.0 Å². The molecule has 23 heavy (non-hydrogen) atoms. The van der Waals surface area contributed by atoms with Crippen molar-refractivity contribution >= 4 is 29.4 Å². The smallest absolute Gasteiger partial charge is 0.293 e. The molecule has 0 spiro atoms. The fourth-order valence-electron chi connectivity index (χ4n) is 1.91. The van der Waals surface area contributed by atoms with E-state index in [1.807, 2.05) is 0 Å². The standard InChI is InChI=1S/C17H18N2O4/c1-11(21)12-4-6-14(7-5-12)19-16(23)15(22)13(9-18)8-17(2,3)10-20/h4-7,10,13H,8H2,1-3H3,(H,19,23)/t13-/m1/s1. The molecule has 1 aromatic carbocycles. The molecule has 0 fully saturated rings. The third-order valence-electron chi connectivity index (χ3n) is 3.29. The fourth-order valence-corrected chi connectivity index (χ4v) is 1.91.